The average molecular weight is 753 g/mol. The Morgan fingerprint density at radius 2 is 1.22 bits per heavy atom. The Morgan fingerprint density at radius 3 is 1.80 bits per heavy atom. The number of carbonyl (C=O) groups excluding carboxylic acids is 2. The van der Waals surface area contributed by atoms with Crippen LogP contribution >= 0.6 is 0 Å². The number of aliphatic hydroxyl groups excluding tert-OH is 2. The van der Waals surface area contributed by atoms with E-state index in [9.17, 15) is 70.6 Å². The van der Waals surface area contributed by atoms with Gasteiger partial charge >= 0.3 is 11.9 Å². The van der Waals surface area contributed by atoms with Gasteiger partial charge in [-0.15, -0.1) is 0 Å². The summed E-state index contributed by atoms with van der Waals surface area (Å²) in [4.78, 5) is 40.0. The summed E-state index contributed by atoms with van der Waals surface area (Å²) in [6.07, 6.45) is -10.2. The van der Waals surface area contributed by atoms with E-state index in [1.165, 1.54) is 24.3 Å². The highest BCUT2D eigenvalue weighted by Crippen LogP contribution is 2.40. The van der Waals surface area contributed by atoms with Crippen LogP contribution in [0.2, 0.25) is 0 Å². The molecule has 1 saturated heterocycles. The van der Waals surface area contributed by atoms with Crippen molar-refractivity contribution in [2.45, 2.75) is 30.7 Å². The van der Waals surface area contributed by atoms with Crippen LogP contribution in [0.15, 0.2) is 69.9 Å². The van der Waals surface area contributed by atoms with Crippen molar-refractivity contribution in [1.82, 2.24) is 0 Å². The summed E-state index contributed by atoms with van der Waals surface area (Å²) in [7, 11) is 0. The molecule has 1 aliphatic rings. The fourth-order valence-corrected chi connectivity index (χ4v) is 5.43. The predicted molar refractivity (Wildman–Crippen MR) is 177 cm³/mol. The van der Waals surface area contributed by atoms with Crippen LogP contribution in [0.4, 0.5) is 0 Å². The van der Waals surface area contributed by atoms with Crippen molar-refractivity contribution in [2.75, 3.05) is 6.61 Å². The Hall–Kier alpha value is -7.09. The second-order valence-corrected chi connectivity index (χ2v) is 11.8. The number of rotatable bonds is 8. The Labute approximate surface area is 300 Å². The Bertz CT molecular complexity index is 2280. The first kappa shape index (κ1) is 36.7. The summed E-state index contributed by atoms with van der Waals surface area (Å²) in [5.41, 5.74) is -2.42. The molecule has 19 heteroatoms. The van der Waals surface area contributed by atoms with E-state index < -0.39 is 129 Å². The van der Waals surface area contributed by atoms with Crippen molar-refractivity contribution in [3.63, 3.8) is 0 Å². The van der Waals surface area contributed by atoms with E-state index >= 15 is 0 Å². The van der Waals surface area contributed by atoms with Crippen LogP contribution < -0.4 is 10.2 Å². The van der Waals surface area contributed by atoms with Gasteiger partial charge in [-0.3, -0.25) is 4.79 Å². The topological polar surface area (TPSA) is 324 Å². The van der Waals surface area contributed by atoms with Crippen LogP contribution in [-0.4, -0.2) is 105 Å². The molecule has 0 bridgehead atoms. The molecule has 5 atom stereocenters. The van der Waals surface area contributed by atoms with Crippen molar-refractivity contribution in [2.24, 2.45) is 0 Å². The lowest BCUT2D eigenvalue weighted by molar-refractivity contribution is -0.276. The third-order valence-corrected chi connectivity index (χ3v) is 8.16. The number of aliphatic hydroxyl groups is 2. The molecule has 1 aliphatic heterocycles. The standard InChI is InChI=1S/C35H28O19/c36-15-3-1-12(2-4-15)30-31(28(46)24-17(38)9-16(37)10-22(24)51-30)54-35-32(53-34(49)14-7-20(41)26(44)21(42)8-14)29(47)27(45)23(52-35)11-50-33(48)13-5-18(39)25(43)19(40)6-13/h1-10,23,27,29,32,35-45,47H,11H2/t23-,27-,29+,32-,35-/m0/s1. The summed E-state index contributed by atoms with van der Waals surface area (Å²) in [6, 6.07) is 9.73. The molecule has 0 spiro atoms. The van der Waals surface area contributed by atoms with Crippen LogP contribution in [0, 0.1) is 0 Å². The highest BCUT2D eigenvalue weighted by atomic mass is 16.7. The fraction of sp³-hybridized carbons (Fsp3) is 0.171. The van der Waals surface area contributed by atoms with Gasteiger partial charge in [-0.05, 0) is 48.5 Å². The Balaban J connectivity index is 1.41. The van der Waals surface area contributed by atoms with Gasteiger partial charge in [0.25, 0.3) is 0 Å². The maximum atomic E-state index is 14.0. The number of hydrogen-bond donors (Lipinski definition) is 11. The molecule has 1 aromatic heterocycles. The van der Waals surface area contributed by atoms with E-state index in [1.807, 2.05) is 0 Å². The van der Waals surface area contributed by atoms with Gasteiger partial charge in [0.15, 0.2) is 46.4 Å². The smallest absolute Gasteiger partial charge is 0.339 e. The number of phenolic OH excluding ortho intramolecular Hbond substituents is 9. The predicted octanol–water partition coefficient (Wildman–Crippen LogP) is 1.72. The lowest BCUT2D eigenvalue weighted by Gasteiger charge is -2.41. The fourth-order valence-electron chi connectivity index (χ4n) is 5.43. The van der Waals surface area contributed by atoms with Crippen molar-refractivity contribution >= 4 is 22.9 Å². The average Bonchev–Trinajstić information content (AvgIpc) is 3.12. The van der Waals surface area contributed by atoms with Crippen molar-refractivity contribution < 1.29 is 89.1 Å². The number of benzene rings is 4. The second kappa shape index (κ2) is 14.1. The monoisotopic (exact) mass is 752 g/mol. The van der Waals surface area contributed by atoms with Crippen molar-refractivity contribution in [3.8, 4) is 68.8 Å². The first-order chi connectivity index (χ1) is 25.5. The summed E-state index contributed by atoms with van der Waals surface area (Å²) in [5, 5.41) is 111. The molecule has 54 heavy (non-hydrogen) atoms. The Morgan fingerprint density at radius 1 is 0.667 bits per heavy atom. The number of phenols is 9. The van der Waals surface area contributed by atoms with Crippen LogP contribution in [0.25, 0.3) is 22.3 Å². The van der Waals surface area contributed by atoms with Gasteiger partial charge in [0.2, 0.25) is 17.5 Å². The van der Waals surface area contributed by atoms with Gasteiger partial charge in [-0.25, -0.2) is 9.59 Å². The SMILES string of the molecule is O=C(OC[C@@H]1O[C@@H](Oc2c(-c3ccc(O)cc3)oc3cc(O)cc(O)c3c2=O)[C@@H](OC(=O)c2cc(O)c(O)c(O)c2)[C@H](O)[C@H]1O)c1cc(O)c(O)c(O)c1. The lowest BCUT2D eigenvalue weighted by atomic mass is 9.98. The maximum absolute atomic E-state index is 14.0. The van der Waals surface area contributed by atoms with Gasteiger partial charge in [0.1, 0.15) is 53.1 Å². The van der Waals surface area contributed by atoms with E-state index in [0.717, 1.165) is 24.3 Å². The van der Waals surface area contributed by atoms with E-state index in [2.05, 4.69) is 0 Å². The zero-order valence-corrected chi connectivity index (χ0v) is 27.1. The van der Waals surface area contributed by atoms with Gasteiger partial charge in [0.05, 0.1) is 11.1 Å². The minimum atomic E-state index is -2.19. The molecule has 0 amide bonds. The van der Waals surface area contributed by atoms with E-state index in [-0.39, 0.29) is 16.9 Å². The minimum Gasteiger partial charge on any atom is -0.508 e. The van der Waals surface area contributed by atoms with Crippen molar-refractivity contribution in [1.29, 1.82) is 0 Å². The molecule has 0 saturated carbocycles. The minimum absolute atomic E-state index is 0.0653. The lowest BCUT2D eigenvalue weighted by Crippen LogP contribution is -2.61. The summed E-state index contributed by atoms with van der Waals surface area (Å²) in [5.74, 6) is -10.8. The summed E-state index contributed by atoms with van der Waals surface area (Å²) >= 11 is 0. The molecule has 0 radical (unpaired) electrons. The zero-order chi connectivity index (χ0) is 39.2. The molecule has 1 fully saturated rings. The molecule has 5 aromatic rings. The molecule has 0 unspecified atom stereocenters. The van der Waals surface area contributed by atoms with E-state index in [0.29, 0.717) is 12.1 Å². The highest BCUT2D eigenvalue weighted by Gasteiger charge is 2.49. The normalized spacial score (nSPS) is 19.6. The van der Waals surface area contributed by atoms with E-state index in [1.54, 1.807) is 0 Å². The van der Waals surface area contributed by atoms with Gasteiger partial charge in [-0.2, -0.15) is 0 Å². The van der Waals surface area contributed by atoms with Crippen LogP contribution in [0.5, 0.6) is 57.5 Å². The molecule has 11 N–H and O–H groups in total. The van der Waals surface area contributed by atoms with Crippen molar-refractivity contribution in [3.05, 3.63) is 82.0 Å². The molecular weight excluding hydrogens is 724 g/mol. The second-order valence-electron chi connectivity index (χ2n) is 11.8. The third-order valence-electron chi connectivity index (χ3n) is 8.16. The largest absolute Gasteiger partial charge is 0.508 e. The van der Waals surface area contributed by atoms with Gasteiger partial charge < -0.3 is 79.5 Å². The van der Waals surface area contributed by atoms with E-state index in [4.69, 9.17) is 23.4 Å². The Kier molecular flexibility index (Phi) is 9.61. The summed E-state index contributed by atoms with van der Waals surface area (Å²) < 4.78 is 28.0. The maximum Gasteiger partial charge on any atom is 0.339 e. The molecule has 6 rings (SSSR count). The zero-order valence-electron chi connectivity index (χ0n) is 27.1. The van der Waals surface area contributed by atoms with Crippen LogP contribution in [0.3, 0.4) is 0 Å². The molecule has 19 nitrogen and oxygen atoms in total. The van der Waals surface area contributed by atoms with Gasteiger partial charge in [-0.1, -0.05) is 0 Å². The molecule has 282 valence electrons. The highest BCUT2D eigenvalue weighted by molar-refractivity contribution is 5.92. The molecule has 2 heterocycles. The first-order valence-corrected chi connectivity index (χ1v) is 15.4. The van der Waals surface area contributed by atoms with Gasteiger partial charge in [0, 0.05) is 17.7 Å². The number of esters is 2. The molecule has 4 aromatic carbocycles. The number of aromatic hydroxyl groups is 9. The third kappa shape index (κ3) is 6.91. The number of carbonyl (C=O) groups is 2. The van der Waals surface area contributed by atoms with Crippen LogP contribution in [-0.2, 0) is 14.2 Å². The summed E-state index contributed by atoms with van der Waals surface area (Å²) in [6.45, 7) is -0.906. The number of ether oxygens (including phenoxy) is 4. The quantitative estimate of drug-likeness (QED) is 0.0794. The number of fused-ring (bicyclic) bond motifs is 1. The molecule has 0 aliphatic carbocycles. The first-order valence-electron chi connectivity index (χ1n) is 15.4. The number of hydrogen-bond acceptors (Lipinski definition) is 19. The van der Waals surface area contributed by atoms with Crippen LogP contribution in [0.1, 0.15) is 20.7 Å². The molecular formula is C35H28O19.